The van der Waals surface area contributed by atoms with E-state index in [2.05, 4.69) is 15.9 Å². The Morgan fingerprint density at radius 2 is 2.00 bits per heavy atom. The van der Waals surface area contributed by atoms with Crippen molar-refractivity contribution in [2.24, 2.45) is 0 Å². The summed E-state index contributed by atoms with van der Waals surface area (Å²) in [5.74, 6) is 0.645. The second-order valence-electron chi connectivity index (χ2n) is 3.69. The fourth-order valence-electron chi connectivity index (χ4n) is 1.47. The van der Waals surface area contributed by atoms with Gasteiger partial charge in [0.1, 0.15) is 11.4 Å². The van der Waals surface area contributed by atoms with Gasteiger partial charge in [0.2, 0.25) is 0 Å². The lowest BCUT2D eigenvalue weighted by atomic mass is 9.93. The van der Waals surface area contributed by atoms with Crippen molar-refractivity contribution in [2.75, 3.05) is 12.4 Å². The molecule has 6 heteroatoms. The maximum atomic E-state index is 10.5. The summed E-state index contributed by atoms with van der Waals surface area (Å²) in [5, 5.41) is 10.8. The molecule has 0 radical (unpaired) electrons. The van der Waals surface area contributed by atoms with E-state index in [-0.39, 0.29) is 11.8 Å². The number of methoxy groups -OCH3 is 1. The van der Waals surface area contributed by atoms with Crippen LogP contribution < -0.4 is 4.74 Å². The van der Waals surface area contributed by atoms with Crippen molar-refractivity contribution in [1.82, 2.24) is 0 Å². The van der Waals surface area contributed by atoms with Gasteiger partial charge in [-0.1, -0.05) is 62.9 Å². The number of hydrogen-bond donors (Lipinski definition) is 1. The van der Waals surface area contributed by atoms with E-state index in [0.29, 0.717) is 11.3 Å². The maximum absolute atomic E-state index is 10.5. The molecule has 0 saturated heterocycles. The van der Waals surface area contributed by atoms with Crippen LogP contribution in [0.25, 0.3) is 0 Å². The predicted molar refractivity (Wildman–Crippen MR) is 75.6 cm³/mol. The van der Waals surface area contributed by atoms with Gasteiger partial charge in [-0.2, -0.15) is 0 Å². The van der Waals surface area contributed by atoms with Gasteiger partial charge < -0.3 is 9.84 Å². The Morgan fingerprint density at radius 1 is 1.35 bits per heavy atom. The van der Waals surface area contributed by atoms with Crippen LogP contribution in [0.1, 0.15) is 12.0 Å². The number of ether oxygens (including phenoxy) is 1. The Morgan fingerprint density at radius 3 is 2.47 bits per heavy atom. The van der Waals surface area contributed by atoms with Crippen LogP contribution in [0.15, 0.2) is 24.3 Å². The Hall–Kier alpha value is 0.330. The molecule has 0 bridgehead atoms. The average Bonchev–Trinajstić information content (AvgIpc) is 2.27. The Bertz CT molecular complexity index is 381. The van der Waals surface area contributed by atoms with E-state index >= 15 is 0 Å². The maximum Gasteiger partial charge on any atom is 0.193 e. The summed E-state index contributed by atoms with van der Waals surface area (Å²) in [6.45, 7) is 0. The van der Waals surface area contributed by atoms with Crippen LogP contribution in [0.3, 0.4) is 0 Å². The summed E-state index contributed by atoms with van der Waals surface area (Å²) in [7, 11) is 1.56. The largest absolute Gasteiger partial charge is 0.497 e. The van der Waals surface area contributed by atoms with Crippen LogP contribution in [-0.4, -0.2) is 21.3 Å². The Kier molecular flexibility index (Phi) is 5.41. The number of benzene rings is 1. The molecule has 0 aliphatic rings. The van der Waals surface area contributed by atoms with Gasteiger partial charge >= 0.3 is 0 Å². The smallest absolute Gasteiger partial charge is 0.193 e. The Balaban J connectivity index is 3.06. The Labute approximate surface area is 124 Å². The van der Waals surface area contributed by atoms with E-state index < -0.39 is 9.39 Å². The van der Waals surface area contributed by atoms with Gasteiger partial charge in [0.15, 0.2) is 3.79 Å². The molecule has 1 aromatic carbocycles. The molecule has 0 spiro atoms. The monoisotopic (exact) mass is 360 g/mol. The highest BCUT2D eigenvalue weighted by Gasteiger charge is 2.37. The standard InChI is InChI=1S/C11H12BrCl3O2/c1-17-9-4-2-3-8(5-9)10(16,7-12)6-11(13,14)15/h2-5,16H,6-7H2,1H3. The third kappa shape index (κ3) is 4.49. The fraction of sp³-hybridized carbons (Fsp3) is 0.455. The van der Waals surface area contributed by atoms with Crippen molar-refractivity contribution >= 4 is 50.7 Å². The van der Waals surface area contributed by atoms with Crippen LogP contribution in [0.5, 0.6) is 5.75 Å². The summed E-state index contributed by atoms with van der Waals surface area (Å²) >= 11 is 20.5. The van der Waals surface area contributed by atoms with Gasteiger partial charge in [-0.3, -0.25) is 0 Å². The predicted octanol–water partition coefficient (Wildman–Crippen LogP) is 4.04. The molecule has 2 nitrogen and oxygen atoms in total. The first-order valence-corrected chi connectivity index (χ1v) is 7.06. The van der Waals surface area contributed by atoms with Gasteiger partial charge in [0.25, 0.3) is 0 Å². The lowest BCUT2D eigenvalue weighted by Gasteiger charge is -2.30. The first kappa shape index (κ1) is 15.4. The van der Waals surface area contributed by atoms with Crippen LogP contribution in [0.2, 0.25) is 0 Å². The second-order valence-corrected chi connectivity index (χ2v) is 6.77. The number of halogens is 4. The van der Waals surface area contributed by atoms with Crippen LogP contribution in [0, 0.1) is 0 Å². The zero-order chi connectivity index (χ0) is 13.1. The first-order chi connectivity index (χ1) is 7.80. The van der Waals surface area contributed by atoms with Gasteiger partial charge in [0, 0.05) is 11.8 Å². The number of hydrogen-bond acceptors (Lipinski definition) is 2. The molecule has 17 heavy (non-hydrogen) atoms. The fourth-order valence-corrected chi connectivity index (χ4v) is 2.66. The minimum absolute atomic E-state index is 0.0108. The van der Waals surface area contributed by atoms with E-state index in [4.69, 9.17) is 39.5 Å². The van der Waals surface area contributed by atoms with Crippen molar-refractivity contribution in [3.8, 4) is 5.75 Å². The highest BCUT2D eigenvalue weighted by molar-refractivity contribution is 9.09. The van der Waals surface area contributed by atoms with E-state index in [1.165, 1.54) is 0 Å². The van der Waals surface area contributed by atoms with E-state index in [9.17, 15) is 5.11 Å². The van der Waals surface area contributed by atoms with Gasteiger partial charge in [-0.15, -0.1) is 0 Å². The molecule has 0 aliphatic heterocycles. The highest BCUT2D eigenvalue weighted by Crippen LogP contribution is 2.41. The molecule has 0 aliphatic carbocycles. The molecule has 0 heterocycles. The third-order valence-corrected chi connectivity index (χ3v) is 3.65. The summed E-state index contributed by atoms with van der Waals surface area (Å²) in [6.07, 6.45) is -0.0108. The van der Waals surface area contributed by atoms with Crippen LogP contribution in [-0.2, 0) is 5.60 Å². The molecular weight excluding hydrogens is 350 g/mol. The molecule has 1 N–H and O–H groups in total. The lowest BCUT2D eigenvalue weighted by molar-refractivity contribution is 0.0554. The zero-order valence-corrected chi connectivity index (χ0v) is 12.9. The first-order valence-electron chi connectivity index (χ1n) is 4.80. The second kappa shape index (κ2) is 5.98. The van der Waals surface area contributed by atoms with E-state index in [0.717, 1.165) is 0 Å². The molecule has 96 valence electrons. The summed E-state index contributed by atoms with van der Waals surface area (Å²) in [5.41, 5.74) is -0.611. The van der Waals surface area contributed by atoms with Gasteiger partial charge in [-0.25, -0.2) is 0 Å². The molecular formula is C11H12BrCl3O2. The molecule has 1 rings (SSSR count). The average molecular weight is 362 g/mol. The van der Waals surface area contributed by atoms with Gasteiger partial charge in [0.05, 0.1) is 7.11 Å². The summed E-state index contributed by atoms with van der Waals surface area (Å²) < 4.78 is 3.58. The number of alkyl halides is 4. The van der Waals surface area contributed by atoms with E-state index in [1.54, 1.807) is 31.4 Å². The highest BCUT2D eigenvalue weighted by atomic mass is 79.9. The molecule has 0 amide bonds. The molecule has 1 unspecified atom stereocenters. The molecule has 0 saturated carbocycles. The lowest BCUT2D eigenvalue weighted by Crippen LogP contribution is -2.32. The minimum atomic E-state index is -1.52. The van der Waals surface area contributed by atoms with Gasteiger partial charge in [-0.05, 0) is 17.7 Å². The SMILES string of the molecule is COc1cccc(C(O)(CBr)CC(Cl)(Cl)Cl)c1. The zero-order valence-electron chi connectivity index (χ0n) is 9.09. The number of rotatable bonds is 4. The molecule has 0 aromatic heterocycles. The summed E-state index contributed by atoms with van der Waals surface area (Å²) in [6, 6.07) is 7.05. The van der Waals surface area contributed by atoms with Crippen molar-refractivity contribution < 1.29 is 9.84 Å². The number of aliphatic hydroxyl groups is 1. The normalized spacial score (nSPS) is 15.4. The van der Waals surface area contributed by atoms with Crippen molar-refractivity contribution in [1.29, 1.82) is 0 Å². The van der Waals surface area contributed by atoms with Crippen LogP contribution in [0.4, 0.5) is 0 Å². The molecule has 1 aromatic rings. The topological polar surface area (TPSA) is 29.5 Å². The van der Waals surface area contributed by atoms with Crippen molar-refractivity contribution in [2.45, 2.75) is 15.8 Å². The van der Waals surface area contributed by atoms with E-state index in [1.807, 2.05) is 0 Å². The third-order valence-electron chi connectivity index (χ3n) is 2.32. The molecule has 0 fully saturated rings. The molecule has 1 atom stereocenters. The minimum Gasteiger partial charge on any atom is -0.497 e. The van der Waals surface area contributed by atoms with Crippen LogP contribution >= 0.6 is 50.7 Å². The van der Waals surface area contributed by atoms with Crippen molar-refractivity contribution in [3.63, 3.8) is 0 Å². The summed E-state index contributed by atoms with van der Waals surface area (Å²) in [4.78, 5) is 0. The quantitative estimate of drug-likeness (QED) is 0.819. The van der Waals surface area contributed by atoms with Crippen molar-refractivity contribution in [3.05, 3.63) is 29.8 Å².